The Labute approximate surface area is 198 Å². The van der Waals surface area contributed by atoms with Gasteiger partial charge in [-0.2, -0.15) is 15.0 Å². The summed E-state index contributed by atoms with van der Waals surface area (Å²) in [4.78, 5) is 17.6. The second-order valence-electron chi connectivity index (χ2n) is 6.91. The van der Waals surface area contributed by atoms with E-state index in [2.05, 4.69) is 23.1 Å². The Hall–Kier alpha value is -4.22. The fourth-order valence-corrected chi connectivity index (χ4v) is 3.53. The van der Waals surface area contributed by atoms with Crippen molar-refractivity contribution in [2.45, 2.75) is 0 Å². The van der Waals surface area contributed by atoms with Crippen molar-refractivity contribution in [2.75, 3.05) is 9.80 Å². The molecule has 0 spiro atoms. The highest BCUT2D eigenvalue weighted by atomic mass is 35.5. The number of allylic oxidation sites excluding steroid dienone is 3. The normalized spacial score (nSPS) is 11.0. The first-order chi connectivity index (χ1) is 16.2. The van der Waals surface area contributed by atoms with Crippen LogP contribution in [0.25, 0.3) is 0 Å². The molecule has 0 saturated carbocycles. The quantitative estimate of drug-likeness (QED) is 0.261. The average molecular weight is 452 g/mol. The van der Waals surface area contributed by atoms with Gasteiger partial charge in [-0.25, -0.2) is 0 Å². The van der Waals surface area contributed by atoms with E-state index < -0.39 is 0 Å². The van der Waals surface area contributed by atoms with Gasteiger partial charge in [0.2, 0.25) is 17.2 Å². The van der Waals surface area contributed by atoms with E-state index in [1.165, 1.54) is 0 Å². The minimum atomic E-state index is 0.0785. The van der Waals surface area contributed by atoms with Gasteiger partial charge >= 0.3 is 0 Å². The van der Waals surface area contributed by atoms with Gasteiger partial charge in [-0.05, 0) is 60.2 Å². The molecule has 1 aromatic heterocycles. The van der Waals surface area contributed by atoms with Crippen LogP contribution in [0.3, 0.4) is 0 Å². The van der Waals surface area contributed by atoms with Gasteiger partial charge in [0.15, 0.2) is 0 Å². The van der Waals surface area contributed by atoms with Crippen molar-refractivity contribution < 1.29 is 0 Å². The molecule has 0 amide bonds. The molecule has 3 aromatic carbocycles. The van der Waals surface area contributed by atoms with Crippen molar-refractivity contribution in [1.29, 1.82) is 0 Å². The molecule has 0 radical (unpaired) electrons. The SMILES string of the molecule is C=C/C=C(\C=C)N(c1ccccc1)c1nc(Cl)nc(N(c2ccccc2)c2ccccc2)n1. The molecule has 0 unspecified atom stereocenters. The summed E-state index contributed by atoms with van der Waals surface area (Å²) in [5.74, 6) is 0.756. The van der Waals surface area contributed by atoms with E-state index >= 15 is 0 Å². The maximum Gasteiger partial charge on any atom is 0.240 e. The van der Waals surface area contributed by atoms with Crippen LogP contribution in [0, 0.1) is 0 Å². The second-order valence-corrected chi connectivity index (χ2v) is 7.25. The van der Waals surface area contributed by atoms with Crippen molar-refractivity contribution in [1.82, 2.24) is 15.0 Å². The third kappa shape index (κ3) is 5.00. The van der Waals surface area contributed by atoms with Gasteiger partial charge in [-0.15, -0.1) is 0 Å². The smallest absolute Gasteiger partial charge is 0.240 e. The van der Waals surface area contributed by atoms with Crippen molar-refractivity contribution in [3.63, 3.8) is 0 Å². The van der Waals surface area contributed by atoms with Crippen LogP contribution in [0.4, 0.5) is 29.0 Å². The summed E-state index contributed by atoms with van der Waals surface area (Å²) in [6, 6.07) is 29.5. The molecule has 4 aromatic rings. The number of hydrogen-bond acceptors (Lipinski definition) is 5. The molecule has 0 bridgehead atoms. The maximum absolute atomic E-state index is 6.44. The number of halogens is 1. The van der Waals surface area contributed by atoms with Gasteiger partial charge in [0.25, 0.3) is 0 Å². The highest BCUT2D eigenvalue weighted by molar-refractivity contribution is 6.28. The highest BCUT2D eigenvalue weighted by Gasteiger charge is 2.21. The molecule has 6 heteroatoms. The van der Waals surface area contributed by atoms with Crippen LogP contribution in [0.1, 0.15) is 0 Å². The summed E-state index contributed by atoms with van der Waals surface area (Å²) >= 11 is 6.44. The van der Waals surface area contributed by atoms with Gasteiger partial charge in [0, 0.05) is 22.8 Å². The van der Waals surface area contributed by atoms with Crippen molar-refractivity contribution in [3.8, 4) is 0 Å². The average Bonchev–Trinajstić information content (AvgIpc) is 2.86. The molecule has 5 nitrogen and oxygen atoms in total. The Morgan fingerprint density at radius 3 is 1.64 bits per heavy atom. The highest BCUT2D eigenvalue weighted by Crippen LogP contribution is 2.35. The van der Waals surface area contributed by atoms with E-state index in [4.69, 9.17) is 16.6 Å². The summed E-state index contributed by atoms with van der Waals surface area (Å²) in [5.41, 5.74) is 3.39. The Morgan fingerprint density at radius 2 is 1.15 bits per heavy atom. The number of para-hydroxylation sites is 3. The molecule has 33 heavy (non-hydrogen) atoms. The third-order valence-electron chi connectivity index (χ3n) is 4.78. The number of benzene rings is 3. The van der Waals surface area contributed by atoms with Crippen LogP contribution >= 0.6 is 11.6 Å². The van der Waals surface area contributed by atoms with Gasteiger partial charge in [-0.1, -0.05) is 73.8 Å². The first kappa shape index (κ1) is 22.0. The third-order valence-corrected chi connectivity index (χ3v) is 4.95. The number of nitrogens with zero attached hydrogens (tertiary/aromatic N) is 5. The predicted molar refractivity (Wildman–Crippen MR) is 137 cm³/mol. The van der Waals surface area contributed by atoms with Crippen molar-refractivity contribution in [3.05, 3.63) is 133 Å². The van der Waals surface area contributed by atoms with Crippen LogP contribution in [-0.4, -0.2) is 15.0 Å². The molecule has 0 aliphatic heterocycles. The molecule has 0 atom stereocenters. The Morgan fingerprint density at radius 1 is 0.667 bits per heavy atom. The Kier molecular flexibility index (Phi) is 6.93. The van der Waals surface area contributed by atoms with Crippen molar-refractivity contribution in [2.24, 2.45) is 0 Å². The van der Waals surface area contributed by atoms with Gasteiger partial charge in [0.1, 0.15) is 0 Å². The molecule has 0 aliphatic rings. The minimum Gasteiger partial charge on any atom is -0.279 e. The van der Waals surface area contributed by atoms with Crippen LogP contribution in [0.5, 0.6) is 0 Å². The predicted octanol–water partition coefficient (Wildman–Crippen LogP) is 7.39. The molecular weight excluding hydrogens is 430 g/mol. The lowest BCUT2D eigenvalue weighted by Crippen LogP contribution is -2.21. The van der Waals surface area contributed by atoms with Crippen LogP contribution in [-0.2, 0) is 0 Å². The molecule has 0 fully saturated rings. The zero-order valence-corrected chi connectivity index (χ0v) is 18.7. The topological polar surface area (TPSA) is 45.2 Å². The molecule has 4 rings (SSSR count). The zero-order chi connectivity index (χ0) is 23.0. The zero-order valence-electron chi connectivity index (χ0n) is 17.9. The van der Waals surface area contributed by atoms with E-state index in [0.717, 1.165) is 22.8 Å². The number of hydrogen-bond donors (Lipinski definition) is 0. The number of aromatic nitrogens is 3. The van der Waals surface area contributed by atoms with Gasteiger partial charge < -0.3 is 0 Å². The minimum absolute atomic E-state index is 0.0785. The lowest BCUT2D eigenvalue weighted by Gasteiger charge is -2.27. The van der Waals surface area contributed by atoms with E-state index in [-0.39, 0.29) is 5.28 Å². The molecule has 0 saturated heterocycles. The molecule has 162 valence electrons. The summed E-state index contributed by atoms with van der Waals surface area (Å²) in [6.07, 6.45) is 5.25. The lowest BCUT2D eigenvalue weighted by atomic mass is 10.2. The largest absolute Gasteiger partial charge is 0.279 e. The molecule has 0 N–H and O–H groups in total. The van der Waals surface area contributed by atoms with E-state index in [1.54, 1.807) is 12.2 Å². The first-order valence-corrected chi connectivity index (χ1v) is 10.7. The Balaban J connectivity index is 1.92. The standard InChI is InChI=1S/C27H22ClN5/c1-3-14-21(4-2)32(22-15-8-5-9-16-22)26-29-25(28)30-27(31-26)33(23-17-10-6-11-18-23)24-19-12-7-13-20-24/h3-20H,1-2H2/b21-14+. The molecule has 0 aliphatic carbocycles. The van der Waals surface area contributed by atoms with E-state index in [0.29, 0.717) is 11.9 Å². The monoisotopic (exact) mass is 451 g/mol. The van der Waals surface area contributed by atoms with Crippen LogP contribution in [0.2, 0.25) is 5.28 Å². The van der Waals surface area contributed by atoms with Gasteiger partial charge in [-0.3, -0.25) is 9.80 Å². The number of rotatable bonds is 8. The first-order valence-electron chi connectivity index (χ1n) is 10.3. The maximum atomic E-state index is 6.44. The van der Waals surface area contributed by atoms with E-state index in [9.17, 15) is 0 Å². The lowest BCUT2D eigenvalue weighted by molar-refractivity contribution is 0.969. The fourth-order valence-electron chi connectivity index (χ4n) is 3.38. The number of anilines is 5. The molecule has 1 heterocycles. The second kappa shape index (κ2) is 10.4. The summed E-state index contributed by atoms with van der Waals surface area (Å²) < 4.78 is 0. The van der Waals surface area contributed by atoms with E-state index in [1.807, 2.05) is 107 Å². The summed E-state index contributed by atoms with van der Waals surface area (Å²) in [7, 11) is 0. The summed E-state index contributed by atoms with van der Waals surface area (Å²) in [6.45, 7) is 7.78. The van der Waals surface area contributed by atoms with Crippen LogP contribution < -0.4 is 9.80 Å². The van der Waals surface area contributed by atoms with Gasteiger partial charge in [0.05, 0.1) is 0 Å². The Bertz CT molecular complexity index is 1220. The van der Waals surface area contributed by atoms with Crippen molar-refractivity contribution >= 4 is 40.6 Å². The summed E-state index contributed by atoms with van der Waals surface area (Å²) in [5, 5.41) is 0.0785. The molecular formula is C27H22ClN5. The van der Waals surface area contributed by atoms with Crippen LogP contribution in [0.15, 0.2) is 128 Å². The fraction of sp³-hybridized carbons (Fsp3) is 0.